The molecule has 98 valence electrons. The Morgan fingerprint density at radius 2 is 2.33 bits per heavy atom. The molecule has 5 nitrogen and oxygen atoms in total. The van der Waals surface area contributed by atoms with Gasteiger partial charge in [-0.1, -0.05) is 13.3 Å². The van der Waals surface area contributed by atoms with Gasteiger partial charge in [0, 0.05) is 12.7 Å². The van der Waals surface area contributed by atoms with Crippen molar-refractivity contribution in [1.82, 2.24) is 9.97 Å². The van der Waals surface area contributed by atoms with Crippen molar-refractivity contribution in [3.05, 3.63) is 18.1 Å². The monoisotopic (exact) mass is 249 g/mol. The third-order valence-corrected chi connectivity index (χ3v) is 3.83. The van der Waals surface area contributed by atoms with E-state index in [2.05, 4.69) is 26.9 Å². The summed E-state index contributed by atoms with van der Waals surface area (Å²) < 4.78 is 4.60. The Balaban J connectivity index is 1.99. The first-order valence-corrected chi connectivity index (χ1v) is 6.34. The minimum Gasteiger partial charge on any atom is -0.463 e. The van der Waals surface area contributed by atoms with Gasteiger partial charge in [-0.15, -0.1) is 0 Å². The fourth-order valence-corrected chi connectivity index (χ4v) is 2.26. The summed E-state index contributed by atoms with van der Waals surface area (Å²) in [7, 11) is 1.33. The Hall–Kier alpha value is -1.65. The first-order chi connectivity index (χ1) is 8.69. The van der Waals surface area contributed by atoms with E-state index in [1.807, 2.05) is 0 Å². The molecule has 1 aromatic heterocycles. The zero-order chi connectivity index (χ0) is 13.0. The summed E-state index contributed by atoms with van der Waals surface area (Å²) in [6.45, 7) is 3.13. The number of rotatable bonds is 5. The molecule has 1 heterocycles. The number of anilines is 1. The van der Waals surface area contributed by atoms with Gasteiger partial charge < -0.3 is 10.1 Å². The number of nitrogens with zero attached hydrogens (tertiary/aromatic N) is 2. The fourth-order valence-electron chi connectivity index (χ4n) is 2.26. The summed E-state index contributed by atoms with van der Waals surface area (Å²) >= 11 is 0. The highest BCUT2D eigenvalue weighted by atomic mass is 16.5. The maximum absolute atomic E-state index is 11.3. The Kier molecular flexibility index (Phi) is 3.79. The van der Waals surface area contributed by atoms with Crippen LogP contribution in [0.2, 0.25) is 0 Å². The molecule has 2 rings (SSSR count). The first kappa shape index (κ1) is 12.8. The van der Waals surface area contributed by atoms with Gasteiger partial charge >= 0.3 is 5.97 Å². The largest absolute Gasteiger partial charge is 0.463 e. The molecular weight excluding hydrogens is 230 g/mol. The van der Waals surface area contributed by atoms with Crippen molar-refractivity contribution < 1.29 is 9.53 Å². The summed E-state index contributed by atoms with van der Waals surface area (Å²) in [5.74, 6) is 0.277. The highest BCUT2D eigenvalue weighted by Crippen LogP contribution is 2.43. The molecule has 1 aromatic rings. The number of ether oxygens (including phenoxy) is 1. The average Bonchev–Trinajstić information content (AvgIpc) is 2.37. The molecule has 5 heteroatoms. The van der Waals surface area contributed by atoms with Crippen LogP contribution in [0.4, 0.5) is 5.82 Å². The van der Waals surface area contributed by atoms with Gasteiger partial charge in [-0.3, -0.25) is 0 Å². The molecule has 0 unspecified atom stereocenters. The standard InChI is InChI=1S/C13H19N3O2/c1-3-13(6-4-7-13)9-15-10-5-8-14-11(16-10)12(17)18-2/h5,8H,3-4,6-7,9H2,1-2H3,(H,14,15,16). The normalized spacial score (nSPS) is 16.8. The van der Waals surface area contributed by atoms with Crippen molar-refractivity contribution in [1.29, 1.82) is 0 Å². The molecule has 0 radical (unpaired) electrons. The molecule has 0 saturated heterocycles. The second-order valence-corrected chi connectivity index (χ2v) is 4.82. The number of nitrogens with one attached hydrogen (secondary N) is 1. The number of esters is 1. The predicted molar refractivity (Wildman–Crippen MR) is 68.4 cm³/mol. The topological polar surface area (TPSA) is 64.1 Å². The summed E-state index contributed by atoms with van der Waals surface area (Å²) in [6, 6.07) is 1.77. The van der Waals surface area contributed by atoms with Crippen molar-refractivity contribution >= 4 is 11.8 Å². The van der Waals surface area contributed by atoms with Crippen molar-refractivity contribution in [3.8, 4) is 0 Å². The second kappa shape index (κ2) is 5.33. The number of hydrogen-bond acceptors (Lipinski definition) is 5. The predicted octanol–water partition coefficient (Wildman–Crippen LogP) is 2.26. The number of methoxy groups -OCH3 is 1. The van der Waals surface area contributed by atoms with Gasteiger partial charge in [-0.2, -0.15) is 0 Å². The number of aromatic nitrogens is 2. The van der Waals surface area contributed by atoms with Gasteiger partial charge in [-0.25, -0.2) is 14.8 Å². The van der Waals surface area contributed by atoms with E-state index < -0.39 is 5.97 Å². The second-order valence-electron chi connectivity index (χ2n) is 4.82. The van der Waals surface area contributed by atoms with Crippen LogP contribution in [0.5, 0.6) is 0 Å². The molecule has 0 atom stereocenters. The summed E-state index contributed by atoms with van der Waals surface area (Å²) in [5.41, 5.74) is 0.413. The minimum absolute atomic E-state index is 0.0988. The maximum atomic E-state index is 11.3. The summed E-state index contributed by atoms with van der Waals surface area (Å²) in [6.07, 6.45) is 6.60. The zero-order valence-electron chi connectivity index (χ0n) is 10.9. The highest BCUT2D eigenvalue weighted by Gasteiger charge is 2.34. The van der Waals surface area contributed by atoms with Crippen LogP contribution in [0.25, 0.3) is 0 Å². The molecule has 0 aromatic carbocycles. The lowest BCUT2D eigenvalue weighted by Crippen LogP contribution is -2.36. The van der Waals surface area contributed by atoms with Crippen LogP contribution in [0, 0.1) is 5.41 Å². The van der Waals surface area contributed by atoms with E-state index in [1.165, 1.54) is 32.8 Å². The van der Waals surface area contributed by atoms with Crippen LogP contribution < -0.4 is 5.32 Å². The molecule has 1 saturated carbocycles. The van der Waals surface area contributed by atoms with Crippen molar-refractivity contribution in [2.24, 2.45) is 5.41 Å². The molecular formula is C13H19N3O2. The number of carbonyl (C=O) groups is 1. The van der Waals surface area contributed by atoms with Crippen molar-refractivity contribution in [2.45, 2.75) is 32.6 Å². The van der Waals surface area contributed by atoms with E-state index >= 15 is 0 Å². The lowest BCUT2D eigenvalue weighted by Gasteiger charge is -2.41. The molecule has 0 amide bonds. The molecule has 1 N–H and O–H groups in total. The number of carbonyl (C=O) groups excluding carboxylic acids is 1. The Labute approximate surface area is 107 Å². The van der Waals surface area contributed by atoms with Crippen LogP contribution in [-0.4, -0.2) is 29.6 Å². The average molecular weight is 249 g/mol. The van der Waals surface area contributed by atoms with E-state index in [4.69, 9.17) is 0 Å². The number of hydrogen-bond donors (Lipinski definition) is 1. The Morgan fingerprint density at radius 3 is 2.89 bits per heavy atom. The fraction of sp³-hybridized carbons (Fsp3) is 0.615. The lowest BCUT2D eigenvalue weighted by molar-refractivity contribution is 0.0587. The van der Waals surface area contributed by atoms with E-state index in [0.29, 0.717) is 11.2 Å². The van der Waals surface area contributed by atoms with Crippen LogP contribution in [-0.2, 0) is 4.74 Å². The van der Waals surface area contributed by atoms with Gasteiger partial charge in [0.25, 0.3) is 0 Å². The van der Waals surface area contributed by atoms with E-state index in [-0.39, 0.29) is 5.82 Å². The lowest BCUT2D eigenvalue weighted by atomic mass is 9.67. The maximum Gasteiger partial charge on any atom is 0.376 e. The summed E-state index contributed by atoms with van der Waals surface area (Å²) in [5, 5.41) is 3.30. The molecule has 0 bridgehead atoms. The van der Waals surface area contributed by atoms with E-state index in [0.717, 1.165) is 6.54 Å². The van der Waals surface area contributed by atoms with Gasteiger partial charge in [0.15, 0.2) is 0 Å². The molecule has 18 heavy (non-hydrogen) atoms. The van der Waals surface area contributed by atoms with Crippen molar-refractivity contribution in [3.63, 3.8) is 0 Å². The van der Waals surface area contributed by atoms with Crippen LogP contribution >= 0.6 is 0 Å². The Bertz CT molecular complexity index is 424. The third-order valence-electron chi connectivity index (χ3n) is 3.83. The van der Waals surface area contributed by atoms with E-state index in [9.17, 15) is 4.79 Å². The molecule has 1 fully saturated rings. The van der Waals surface area contributed by atoms with Crippen LogP contribution in [0.3, 0.4) is 0 Å². The van der Waals surface area contributed by atoms with Crippen molar-refractivity contribution in [2.75, 3.05) is 19.0 Å². The molecule has 0 aliphatic heterocycles. The smallest absolute Gasteiger partial charge is 0.376 e. The van der Waals surface area contributed by atoms with Crippen LogP contribution in [0.1, 0.15) is 43.2 Å². The molecule has 0 spiro atoms. The quantitative estimate of drug-likeness (QED) is 0.811. The van der Waals surface area contributed by atoms with Gasteiger partial charge in [0.1, 0.15) is 5.82 Å². The third kappa shape index (κ3) is 2.60. The van der Waals surface area contributed by atoms with Gasteiger partial charge in [-0.05, 0) is 30.7 Å². The highest BCUT2D eigenvalue weighted by molar-refractivity contribution is 5.85. The minimum atomic E-state index is -0.507. The van der Waals surface area contributed by atoms with E-state index in [1.54, 1.807) is 12.3 Å². The van der Waals surface area contributed by atoms with Gasteiger partial charge in [0.05, 0.1) is 7.11 Å². The molecule has 1 aliphatic rings. The summed E-state index contributed by atoms with van der Waals surface area (Å²) in [4.78, 5) is 19.3. The van der Waals surface area contributed by atoms with Gasteiger partial charge in [0.2, 0.25) is 5.82 Å². The van der Waals surface area contributed by atoms with Crippen LogP contribution in [0.15, 0.2) is 12.3 Å². The Morgan fingerprint density at radius 1 is 1.56 bits per heavy atom. The SMILES string of the molecule is CCC1(CNc2ccnc(C(=O)OC)n2)CCC1. The first-order valence-electron chi connectivity index (χ1n) is 6.34. The zero-order valence-corrected chi connectivity index (χ0v) is 10.9. The molecule has 1 aliphatic carbocycles.